The SMILES string of the molecule is CC(C)C1(C)CC(=O)N(Cc2nnn(C)n2)C1=O. The zero-order chi connectivity index (χ0) is 13.5. The van der Waals surface area contributed by atoms with Crippen molar-refractivity contribution in [3.63, 3.8) is 0 Å². The van der Waals surface area contributed by atoms with Crippen LogP contribution in [0.1, 0.15) is 33.0 Å². The van der Waals surface area contributed by atoms with E-state index in [9.17, 15) is 9.59 Å². The van der Waals surface area contributed by atoms with Crippen LogP contribution in [0, 0.1) is 11.3 Å². The van der Waals surface area contributed by atoms with Crippen molar-refractivity contribution in [3.05, 3.63) is 5.82 Å². The molecule has 0 saturated carbocycles. The monoisotopic (exact) mass is 251 g/mol. The Morgan fingerprint density at radius 2 is 2.06 bits per heavy atom. The molecule has 1 saturated heterocycles. The largest absolute Gasteiger partial charge is 0.274 e. The molecule has 0 spiro atoms. The molecular formula is C11H17N5O2. The maximum absolute atomic E-state index is 12.3. The van der Waals surface area contributed by atoms with E-state index >= 15 is 0 Å². The number of hydrogen-bond acceptors (Lipinski definition) is 5. The number of aryl methyl sites for hydroxylation is 1. The Morgan fingerprint density at radius 1 is 1.39 bits per heavy atom. The van der Waals surface area contributed by atoms with Crippen LogP contribution in [0.2, 0.25) is 0 Å². The van der Waals surface area contributed by atoms with Crippen LogP contribution in [0.15, 0.2) is 0 Å². The summed E-state index contributed by atoms with van der Waals surface area (Å²) >= 11 is 0. The Bertz CT molecular complexity index is 495. The molecule has 7 nitrogen and oxygen atoms in total. The second-order valence-electron chi connectivity index (χ2n) is 5.23. The van der Waals surface area contributed by atoms with Crippen LogP contribution in [0.4, 0.5) is 0 Å². The van der Waals surface area contributed by atoms with Gasteiger partial charge < -0.3 is 0 Å². The molecule has 0 N–H and O–H groups in total. The molecular weight excluding hydrogens is 234 g/mol. The summed E-state index contributed by atoms with van der Waals surface area (Å²) in [6, 6.07) is 0. The van der Waals surface area contributed by atoms with Gasteiger partial charge in [-0.25, -0.2) is 0 Å². The number of carbonyl (C=O) groups excluding carboxylic acids is 2. The molecule has 18 heavy (non-hydrogen) atoms. The van der Waals surface area contributed by atoms with Crippen LogP contribution >= 0.6 is 0 Å². The number of aromatic nitrogens is 4. The standard InChI is InChI=1S/C11H17N5O2/c1-7(2)11(3)5-9(17)16(10(11)18)6-8-12-14-15(4)13-8/h7H,5-6H2,1-4H3. The summed E-state index contributed by atoms with van der Waals surface area (Å²) in [7, 11) is 1.64. The second kappa shape index (κ2) is 4.15. The number of imide groups is 1. The molecule has 1 aliphatic heterocycles. The molecule has 98 valence electrons. The number of tetrazole rings is 1. The average molecular weight is 251 g/mol. The van der Waals surface area contributed by atoms with Crippen LogP contribution in [-0.4, -0.2) is 36.9 Å². The molecule has 0 aliphatic carbocycles. The number of nitrogens with zero attached hydrogens (tertiary/aromatic N) is 5. The topological polar surface area (TPSA) is 81.0 Å². The molecule has 2 heterocycles. The third-order valence-corrected chi connectivity index (χ3v) is 3.68. The fourth-order valence-corrected chi connectivity index (χ4v) is 2.05. The van der Waals surface area contributed by atoms with E-state index < -0.39 is 5.41 Å². The van der Waals surface area contributed by atoms with E-state index in [4.69, 9.17) is 0 Å². The van der Waals surface area contributed by atoms with Gasteiger partial charge in [-0.1, -0.05) is 13.8 Å². The smallest absolute Gasteiger partial charge is 0.236 e. The van der Waals surface area contributed by atoms with E-state index in [1.807, 2.05) is 20.8 Å². The van der Waals surface area contributed by atoms with Gasteiger partial charge in [0.05, 0.1) is 19.0 Å². The van der Waals surface area contributed by atoms with E-state index in [1.165, 1.54) is 9.70 Å². The summed E-state index contributed by atoms with van der Waals surface area (Å²) in [4.78, 5) is 26.8. The van der Waals surface area contributed by atoms with Crippen molar-refractivity contribution in [2.75, 3.05) is 0 Å². The van der Waals surface area contributed by atoms with Crippen molar-refractivity contribution in [1.82, 2.24) is 25.1 Å². The predicted molar refractivity (Wildman–Crippen MR) is 61.9 cm³/mol. The van der Waals surface area contributed by atoms with Crippen LogP contribution in [0.3, 0.4) is 0 Å². The van der Waals surface area contributed by atoms with Crippen molar-refractivity contribution in [2.45, 2.75) is 33.7 Å². The second-order valence-corrected chi connectivity index (χ2v) is 5.23. The Balaban J connectivity index is 2.20. The minimum Gasteiger partial charge on any atom is -0.274 e. The van der Waals surface area contributed by atoms with Gasteiger partial charge in [-0.05, 0) is 18.1 Å². The number of hydrogen-bond donors (Lipinski definition) is 0. The minimum atomic E-state index is -0.612. The van der Waals surface area contributed by atoms with E-state index in [-0.39, 0.29) is 30.7 Å². The van der Waals surface area contributed by atoms with Crippen LogP contribution in [0.5, 0.6) is 0 Å². The zero-order valence-electron chi connectivity index (χ0n) is 11.0. The Kier molecular flexibility index (Phi) is 2.92. The lowest BCUT2D eigenvalue weighted by atomic mass is 9.78. The Morgan fingerprint density at radius 3 is 2.50 bits per heavy atom. The van der Waals surface area contributed by atoms with Gasteiger partial charge in [0.15, 0.2) is 5.82 Å². The van der Waals surface area contributed by atoms with Crippen LogP contribution in [0.25, 0.3) is 0 Å². The first-order chi connectivity index (χ1) is 8.34. The molecule has 1 unspecified atom stereocenters. The predicted octanol–water partition coefficient (Wildman–Crippen LogP) is 0.131. The molecule has 1 fully saturated rings. The minimum absolute atomic E-state index is 0.105. The molecule has 2 amide bonds. The summed E-state index contributed by atoms with van der Waals surface area (Å²) < 4.78 is 0. The highest BCUT2D eigenvalue weighted by molar-refractivity contribution is 6.05. The van der Waals surface area contributed by atoms with Gasteiger partial charge in [0.25, 0.3) is 0 Å². The molecule has 1 atom stereocenters. The van der Waals surface area contributed by atoms with Gasteiger partial charge in [-0.3, -0.25) is 14.5 Å². The lowest BCUT2D eigenvalue weighted by Gasteiger charge is -2.25. The highest BCUT2D eigenvalue weighted by Gasteiger charge is 2.50. The van der Waals surface area contributed by atoms with Crippen molar-refractivity contribution in [1.29, 1.82) is 0 Å². The fraction of sp³-hybridized carbons (Fsp3) is 0.727. The quantitative estimate of drug-likeness (QED) is 0.713. The molecule has 0 aromatic carbocycles. The lowest BCUT2D eigenvalue weighted by molar-refractivity contribution is -0.142. The van der Waals surface area contributed by atoms with Crippen LogP contribution in [-0.2, 0) is 23.2 Å². The maximum Gasteiger partial charge on any atom is 0.236 e. The number of carbonyl (C=O) groups is 2. The van der Waals surface area contributed by atoms with E-state index in [0.717, 1.165) is 0 Å². The average Bonchev–Trinajstić information content (AvgIpc) is 2.78. The molecule has 0 bridgehead atoms. The highest BCUT2D eigenvalue weighted by Crippen LogP contribution is 2.39. The third kappa shape index (κ3) is 1.89. The number of amides is 2. The summed E-state index contributed by atoms with van der Waals surface area (Å²) in [6.07, 6.45) is 0.254. The highest BCUT2D eigenvalue weighted by atomic mass is 16.2. The molecule has 0 radical (unpaired) electrons. The summed E-state index contributed by atoms with van der Waals surface area (Å²) in [5.41, 5.74) is -0.612. The summed E-state index contributed by atoms with van der Waals surface area (Å²) in [6.45, 7) is 5.85. The summed E-state index contributed by atoms with van der Waals surface area (Å²) in [5.74, 6) is 0.194. The fourth-order valence-electron chi connectivity index (χ4n) is 2.05. The molecule has 7 heteroatoms. The first kappa shape index (κ1) is 12.7. The van der Waals surface area contributed by atoms with Crippen molar-refractivity contribution < 1.29 is 9.59 Å². The zero-order valence-corrected chi connectivity index (χ0v) is 11.0. The Hall–Kier alpha value is -1.79. The Labute approximate surface area is 105 Å². The van der Waals surface area contributed by atoms with E-state index in [2.05, 4.69) is 15.4 Å². The van der Waals surface area contributed by atoms with E-state index in [1.54, 1.807) is 7.05 Å². The maximum atomic E-state index is 12.3. The first-order valence-electron chi connectivity index (χ1n) is 5.92. The van der Waals surface area contributed by atoms with Gasteiger partial charge in [0.1, 0.15) is 0 Å². The molecule has 1 aromatic heterocycles. The van der Waals surface area contributed by atoms with Crippen molar-refractivity contribution >= 4 is 11.8 Å². The van der Waals surface area contributed by atoms with Crippen molar-refractivity contribution in [3.8, 4) is 0 Å². The third-order valence-electron chi connectivity index (χ3n) is 3.68. The first-order valence-corrected chi connectivity index (χ1v) is 5.92. The van der Waals surface area contributed by atoms with Gasteiger partial charge in [0.2, 0.25) is 11.8 Å². The van der Waals surface area contributed by atoms with Gasteiger partial charge in [0, 0.05) is 6.42 Å². The normalized spacial score (nSPS) is 24.4. The lowest BCUT2D eigenvalue weighted by Crippen LogP contribution is -2.36. The van der Waals surface area contributed by atoms with E-state index in [0.29, 0.717) is 5.82 Å². The van der Waals surface area contributed by atoms with Crippen LogP contribution < -0.4 is 0 Å². The molecule has 1 aromatic rings. The van der Waals surface area contributed by atoms with Gasteiger partial charge in [-0.15, -0.1) is 10.2 Å². The summed E-state index contributed by atoms with van der Waals surface area (Å²) in [5, 5.41) is 11.5. The van der Waals surface area contributed by atoms with Crippen molar-refractivity contribution in [2.24, 2.45) is 18.4 Å². The molecule has 2 rings (SSSR count). The molecule has 1 aliphatic rings. The van der Waals surface area contributed by atoms with Gasteiger partial charge in [-0.2, -0.15) is 4.80 Å². The van der Waals surface area contributed by atoms with Gasteiger partial charge >= 0.3 is 0 Å². The number of likely N-dealkylation sites (tertiary alicyclic amines) is 1. The number of rotatable bonds is 3.